The van der Waals surface area contributed by atoms with Gasteiger partial charge in [0, 0.05) is 5.69 Å². The Balaban J connectivity index is 1.51. The smallest absolute Gasteiger partial charge is 0.351 e. The molecule has 2 aromatic carbocycles. The Morgan fingerprint density at radius 1 is 1.16 bits per heavy atom. The number of carbonyl (C=O) groups excluding carboxylic acids is 2. The van der Waals surface area contributed by atoms with Gasteiger partial charge in [-0.05, 0) is 37.6 Å². The zero-order valence-corrected chi connectivity index (χ0v) is 14.1. The molecule has 6 nitrogen and oxygen atoms in total. The van der Waals surface area contributed by atoms with Gasteiger partial charge in [0.2, 0.25) is 6.10 Å². The average Bonchev–Trinajstić information content (AvgIpc) is 2.61. The summed E-state index contributed by atoms with van der Waals surface area (Å²) in [5, 5.41) is 2.72. The van der Waals surface area contributed by atoms with Crippen molar-refractivity contribution in [2.75, 3.05) is 18.5 Å². The highest BCUT2D eigenvalue weighted by Crippen LogP contribution is 2.31. The van der Waals surface area contributed by atoms with Gasteiger partial charge in [0.05, 0.1) is 0 Å². The summed E-state index contributed by atoms with van der Waals surface area (Å²) < 4.78 is 16.0. The number of benzene rings is 2. The fourth-order valence-corrected chi connectivity index (χ4v) is 2.51. The number of carbonyl (C=O) groups is 2. The van der Waals surface area contributed by atoms with E-state index in [-0.39, 0.29) is 13.2 Å². The summed E-state index contributed by atoms with van der Waals surface area (Å²) in [5.41, 5.74) is 2.75. The highest BCUT2D eigenvalue weighted by atomic mass is 16.6. The van der Waals surface area contributed by atoms with E-state index in [9.17, 15) is 9.59 Å². The fourth-order valence-electron chi connectivity index (χ4n) is 2.51. The highest BCUT2D eigenvalue weighted by Gasteiger charge is 2.29. The number of anilines is 1. The first-order valence-corrected chi connectivity index (χ1v) is 7.95. The minimum absolute atomic E-state index is 0.0501. The van der Waals surface area contributed by atoms with Crippen LogP contribution >= 0.6 is 0 Å². The van der Waals surface area contributed by atoms with E-state index in [1.54, 1.807) is 18.2 Å². The third-order valence-electron chi connectivity index (χ3n) is 3.77. The number of esters is 1. The van der Waals surface area contributed by atoms with Gasteiger partial charge in [0.15, 0.2) is 18.1 Å². The molecule has 1 unspecified atom stereocenters. The van der Waals surface area contributed by atoms with E-state index in [1.807, 2.05) is 38.1 Å². The zero-order valence-electron chi connectivity index (χ0n) is 14.1. The molecule has 0 radical (unpaired) electrons. The van der Waals surface area contributed by atoms with Gasteiger partial charge in [0.25, 0.3) is 5.91 Å². The summed E-state index contributed by atoms with van der Waals surface area (Å²) in [6, 6.07) is 12.8. The van der Waals surface area contributed by atoms with Crippen molar-refractivity contribution < 1.29 is 23.8 Å². The van der Waals surface area contributed by atoms with Crippen LogP contribution in [0.1, 0.15) is 11.1 Å². The van der Waals surface area contributed by atoms with Crippen molar-refractivity contribution >= 4 is 17.6 Å². The molecule has 0 aromatic heterocycles. The molecule has 0 saturated heterocycles. The topological polar surface area (TPSA) is 73.9 Å². The van der Waals surface area contributed by atoms with Crippen molar-refractivity contribution in [1.29, 1.82) is 0 Å². The van der Waals surface area contributed by atoms with Crippen molar-refractivity contribution in [3.8, 4) is 11.5 Å². The SMILES string of the molecule is Cc1ccc(NC(=O)COC(=O)C2COc3ccccc3O2)c(C)c1. The second-order valence-electron chi connectivity index (χ2n) is 5.84. The molecule has 1 aliphatic rings. The Morgan fingerprint density at radius 3 is 2.68 bits per heavy atom. The number of hydrogen-bond acceptors (Lipinski definition) is 5. The van der Waals surface area contributed by atoms with E-state index in [4.69, 9.17) is 14.2 Å². The maximum absolute atomic E-state index is 12.1. The number of amides is 1. The summed E-state index contributed by atoms with van der Waals surface area (Å²) in [4.78, 5) is 24.0. The van der Waals surface area contributed by atoms with Crippen LogP contribution in [0.5, 0.6) is 11.5 Å². The number of ether oxygens (including phenoxy) is 3. The number of hydrogen-bond donors (Lipinski definition) is 1. The lowest BCUT2D eigenvalue weighted by Crippen LogP contribution is -2.39. The highest BCUT2D eigenvalue weighted by molar-refractivity contribution is 5.93. The minimum Gasteiger partial charge on any atom is -0.485 e. The van der Waals surface area contributed by atoms with Crippen molar-refractivity contribution in [3.63, 3.8) is 0 Å². The van der Waals surface area contributed by atoms with Gasteiger partial charge in [-0.2, -0.15) is 0 Å². The van der Waals surface area contributed by atoms with Gasteiger partial charge in [-0.15, -0.1) is 0 Å². The van der Waals surface area contributed by atoms with Gasteiger partial charge in [-0.3, -0.25) is 4.79 Å². The molecule has 0 spiro atoms. The Hall–Kier alpha value is -3.02. The van der Waals surface area contributed by atoms with Gasteiger partial charge in [-0.25, -0.2) is 4.79 Å². The zero-order chi connectivity index (χ0) is 17.8. The molecule has 3 rings (SSSR count). The Labute approximate surface area is 145 Å². The van der Waals surface area contributed by atoms with E-state index >= 15 is 0 Å². The van der Waals surface area contributed by atoms with Crippen molar-refractivity contribution in [2.24, 2.45) is 0 Å². The Bertz CT molecular complexity index is 802. The van der Waals surface area contributed by atoms with Crippen LogP contribution in [0.25, 0.3) is 0 Å². The van der Waals surface area contributed by atoms with E-state index in [0.717, 1.165) is 11.1 Å². The fraction of sp³-hybridized carbons (Fsp3) is 0.263. The average molecular weight is 341 g/mol. The minimum atomic E-state index is -0.885. The lowest BCUT2D eigenvalue weighted by molar-refractivity contribution is -0.156. The van der Waals surface area contributed by atoms with Crippen LogP contribution in [-0.2, 0) is 14.3 Å². The second-order valence-corrected chi connectivity index (χ2v) is 5.84. The largest absolute Gasteiger partial charge is 0.485 e. The molecule has 2 aromatic rings. The van der Waals surface area contributed by atoms with Crippen LogP contribution in [0, 0.1) is 13.8 Å². The molecule has 6 heteroatoms. The van der Waals surface area contributed by atoms with Gasteiger partial charge < -0.3 is 19.5 Å². The third kappa shape index (κ3) is 4.09. The maximum atomic E-state index is 12.1. The number of para-hydroxylation sites is 2. The van der Waals surface area contributed by atoms with Crippen LogP contribution < -0.4 is 14.8 Å². The number of aryl methyl sites for hydroxylation is 2. The normalized spacial score (nSPS) is 15.4. The maximum Gasteiger partial charge on any atom is 0.351 e. The summed E-state index contributed by atoms with van der Waals surface area (Å²) >= 11 is 0. The molecule has 1 aliphatic heterocycles. The number of nitrogens with one attached hydrogen (secondary N) is 1. The first-order valence-electron chi connectivity index (χ1n) is 7.95. The van der Waals surface area contributed by atoms with Crippen LogP contribution in [0.3, 0.4) is 0 Å². The molecule has 1 heterocycles. The standard InChI is InChI=1S/C19H19NO5/c1-12-7-8-14(13(2)9-12)20-18(21)11-24-19(22)17-10-23-15-5-3-4-6-16(15)25-17/h3-9,17H,10-11H2,1-2H3,(H,20,21). The van der Waals surface area contributed by atoms with Crippen molar-refractivity contribution in [2.45, 2.75) is 20.0 Å². The quantitative estimate of drug-likeness (QED) is 0.866. The molecule has 1 atom stereocenters. The van der Waals surface area contributed by atoms with Crippen LogP contribution in [0.4, 0.5) is 5.69 Å². The summed E-state index contributed by atoms with van der Waals surface area (Å²) in [6.45, 7) is 3.55. The lowest BCUT2D eigenvalue weighted by atomic mass is 10.1. The molecule has 0 saturated carbocycles. The molecule has 130 valence electrons. The van der Waals surface area contributed by atoms with Gasteiger partial charge in [0.1, 0.15) is 6.61 Å². The van der Waals surface area contributed by atoms with E-state index in [0.29, 0.717) is 17.2 Å². The Morgan fingerprint density at radius 2 is 1.92 bits per heavy atom. The first-order chi connectivity index (χ1) is 12.0. The third-order valence-corrected chi connectivity index (χ3v) is 3.77. The summed E-state index contributed by atoms with van der Waals surface area (Å²) in [5.74, 6) is 0.0253. The van der Waals surface area contributed by atoms with E-state index in [2.05, 4.69) is 5.32 Å². The monoisotopic (exact) mass is 341 g/mol. The van der Waals surface area contributed by atoms with E-state index < -0.39 is 18.0 Å². The van der Waals surface area contributed by atoms with Crippen molar-refractivity contribution in [1.82, 2.24) is 0 Å². The van der Waals surface area contributed by atoms with Gasteiger partial charge >= 0.3 is 5.97 Å². The predicted molar refractivity (Wildman–Crippen MR) is 91.9 cm³/mol. The number of rotatable bonds is 4. The van der Waals surface area contributed by atoms with Gasteiger partial charge in [-0.1, -0.05) is 29.8 Å². The lowest BCUT2D eigenvalue weighted by Gasteiger charge is -2.24. The number of fused-ring (bicyclic) bond motifs is 1. The summed E-state index contributed by atoms with van der Waals surface area (Å²) in [7, 11) is 0. The molecule has 0 aliphatic carbocycles. The van der Waals surface area contributed by atoms with Crippen LogP contribution in [-0.4, -0.2) is 31.2 Å². The Kier molecular flexibility index (Phi) is 4.88. The molecular formula is C19H19NO5. The molecule has 1 N–H and O–H groups in total. The van der Waals surface area contributed by atoms with Crippen molar-refractivity contribution in [3.05, 3.63) is 53.6 Å². The molecular weight excluding hydrogens is 322 g/mol. The van der Waals surface area contributed by atoms with Crippen LogP contribution in [0.15, 0.2) is 42.5 Å². The van der Waals surface area contributed by atoms with E-state index in [1.165, 1.54) is 0 Å². The predicted octanol–water partition coefficient (Wildman–Crippen LogP) is 2.63. The summed E-state index contributed by atoms with van der Waals surface area (Å²) in [6.07, 6.45) is -0.885. The molecule has 25 heavy (non-hydrogen) atoms. The molecule has 1 amide bonds. The first kappa shape index (κ1) is 16.8. The molecule has 0 bridgehead atoms. The second kappa shape index (κ2) is 7.25. The van der Waals surface area contributed by atoms with Crippen LogP contribution in [0.2, 0.25) is 0 Å². The molecule has 0 fully saturated rings.